The van der Waals surface area contributed by atoms with Crippen LogP contribution in [-0.4, -0.2) is 82.3 Å². The number of ether oxygens (including phenoxy) is 2. The van der Waals surface area contributed by atoms with Gasteiger partial charge in [-0.3, -0.25) is 23.4 Å². The second-order valence-electron chi connectivity index (χ2n) is 13.4. The largest absolute Gasteiger partial charge is 0.480 e. The van der Waals surface area contributed by atoms with Gasteiger partial charge in [0.1, 0.15) is 12.6 Å². The number of phosphoric ester groups is 1. The van der Waals surface area contributed by atoms with Crippen LogP contribution in [0.4, 0.5) is 0 Å². The highest BCUT2D eigenvalue weighted by Gasteiger charge is 2.28. The van der Waals surface area contributed by atoms with Gasteiger partial charge in [-0.25, -0.2) is 4.57 Å². The lowest BCUT2D eigenvalue weighted by molar-refractivity contribution is -0.161. The maximum Gasteiger partial charge on any atom is 0.472 e. The lowest BCUT2D eigenvalue weighted by Gasteiger charge is -2.20. The number of carbonyl (C=O) groups is 3. The number of hydrogen-bond acceptors (Lipinski definition) is 11. The third-order valence-corrected chi connectivity index (χ3v) is 9.09. The van der Waals surface area contributed by atoms with Crippen molar-refractivity contribution in [3.05, 3.63) is 72.9 Å². The summed E-state index contributed by atoms with van der Waals surface area (Å²) in [4.78, 5) is 45.8. The topological polar surface area (TPSA) is 212 Å². The standard InChI is InChI=1S/C42H70NO12P/c1-3-5-7-8-9-10-11-12-16-19-25-31-40(46)52-33-38(34-53-56(50,51)54-35-39(43)42(48)49)55-41(47)32-26-20-24-30-37(45)29-23-18-15-13-14-17-22-28-36(44)27-21-6-4-2/h6,14-15,17-18,21-24,28-30,36-39,44-45H,3-5,7-13,16,19-20,25-27,31-35,43H2,1-2H3,(H,48,49)(H,50,51)/b17-14-,18-15-,21-6-,28-22+,29-23+,30-24-/t36-,37-,38+,39-/m0/s1. The average molecular weight is 812 g/mol. The molecule has 5 atom stereocenters. The Morgan fingerprint density at radius 1 is 0.679 bits per heavy atom. The zero-order valence-corrected chi connectivity index (χ0v) is 34.6. The summed E-state index contributed by atoms with van der Waals surface area (Å²) in [6.07, 6.45) is 34.8. The molecule has 0 saturated carbocycles. The number of carbonyl (C=O) groups excluding carboxylic acids is 2. The van der Waals surface area contributed by atoms with Crippen molar-refractivity contribution >= 4 is 25.7 Å². The minimum absolute atomic E-state index is 0.0273. The van der Waals surface area contributed by atoms with Gasteiger partial charge in [-0.15, -0.1) is 0 Å². The molecule has 13 nitrogen and oxygen atoms in total. The van der Waals surface area contributed by atoms with E-state index in [1.165, 1.54) is 44.9 Å². The monoisotopic (exact) mass is 811 g/mol. The zero-order valence-electron chi connectivity index (χ0n) is 33.7. The molecule has 56 heavy (non-hydrogen) atoms. The third kappa shape index (κ3) is 35.3. The molecule has 14 heteroatoms. The predicted molar refractivity (Wildman–Crippen MR) is 219 cm³/mol. The fraction of sp³-hybridized carbons (Fsp3) is 0.643. The number of hydrogen-bond donors (Lipinski definition) is 5. The summed E-state index contributed by atoms with van der Waals surface area (Å²) in [6, 6.07) is -1.56. The van der Waals surface area contributed by atoms with E-state index >= 15 is 0 Å². The van der Waals surface area contributed by atoms with Crippen molar-refractivity contribution in [3.63, 3.8) is 0 Å². The summed E-state index contributed by atoms with van der Waals surface area (Å²) in [7, 11) is -4.77. The molecule has 320 valence electrons. The van der Waals surface area contributed by atoms with Crippen LogP contribution in [-0.2, 0) is 37.5 Å². The number of unbranched alkanes of at least 4 members (excludes halogenated alkanes) is 11. The van der Waals surface area contributed by atoms with Crippen LogP contribution in [0.15, 0.2) is 72.9 Å². The van der Waals surface area contributed by atoms with Crippen molar-refractivity contribution in [1.29, 1.82) is 0 Å². The fourth-order valence-electron chi connectivity index (χ4n) is 4.92. The first-order chi connectivity index (χ1) is 26.9. The highest BCUT2D eigenvalue weighted by molar-refractivity contribution is 7.47. The Balaban J connectivity index is 4.69. The van der Waals surface area contributed by atoms with Crippen LogP contribution in [0, 0.1) is 0 Å². The Bertz CT molecular complexity index is 1260. The van der Waals surface area contributed by atoms with E-state index in [1.807, 2.05) is 49.5 Å². The quantitative estimate of drug-likeness (QED) is 0.0133. The van der Waals surface area contributed by atoms with Gasteiger partial charge in [0, 0.05) is 12.8 Å². The van der Waals surface area contributed by atoms with E-state index in [9.17, 15) is 34.1 Å². The van der Waals surface area contributed by atoms with Gasteiger partial charge in [-0.05, 0) is 38.5 Å². The smallest absolute Gasteiger partial charge is 0.472 e. The number of esters is 2. The molecule has 0 bridgehead atoms. The summed E-state index contributed by atoms with van der Waals surface area (Å²) < 4.78 is 32.4. The number of phosphoric acid groups is 1. The van der Waals surface area contributed by atoms with Crippen molar-refractivity contribution in [2.24, 2.45) is 5.73 Å². The van der Waals surface area contributed by atoms with E-state index in [2.05, 4.69) is 11.4 Å². The highest BCUT2D eigenvalue weighted by atomic mass is 31.2. The van der Waals surface area contributed by atoms with Crippen LogP contribution < -0.4 is 5.73 Å². The second kappa shape index (κ2) is 36.2. The second-order valence-corrected chi connectivity index (χ2v) is 14.9. The van der Waals surface area contributed by atoms with E-state index in [4.69, 9.17) is 24.8 Å². The van der Waals surface area contributed by atoms with Gasteiger partial charge in [-0.2, -0.15) is 0 Å². The molecule has 0 aromatic heterocycles. The summed E-state index contributed by atoms with van der Waals surface area (Å²) in [5.41, 5.74) is 5.31. The molecular weight excluding hydrogens is 741 g/mol. The molecule has 0 aromatic carbocycles. The molecule has 0 aliphatic carbocycles. The fourth-order valence-corrected chi connectivity index (χ4v) is 5.70. The maximum absolute atomic E-state index is 12.6. The van der Waals surface area contributed by atoms with E-state index in [0.29, 0.717) is 32.1 Å². The van der Waals surface area contributed by atoms with Crippen LogP contribution in [0.3, 0.4) is 0 Å². The van der Waals surface area contributed by atoms with Crippen molar-refractivity contribution in [2.45, 2.75) is 154 Å². The Kier molecular flexibility index (Phi) is 34.2. The van der Waals surface area contributed by atoms with Crippen LogP contribution in [0.5, 0.6) is 0 Å². The molecule has 0 aliphatic rings. The Labute approximate surface area is 335 Å². The van der Waals surface area contributed by atoms with E-state index in [0.717, 1.165) is 25.7 Å². The number of allylic oxidation sites excluding steroid dienone is 8. The minimum Gasteiger partial charge on any atom is -0.480 e. The summed E-state index contributed by atoms with van der Waals surface area (Å²) in [6.45, 7) is 2.38. The summed E-state index contributed by atoms with van der Waals surface area (Å²) >= 11 is 0. The molecule has 1 unspecified atom stereocenters. The first kappa shape index (κ1) is 52.8. The van der Waals surface area contributed by atoms with E-state index in [1.54, 1.807) is 30.4 Å². The van der Waals surface area contributed by atoms with Gasteiger partial charge in [0.05, 0.1) is 25.4 Å². The first-order valence-electron chi connectivity index (χ1n) is 20.2. The summed E-state index contributed by atoms with van der Waals surface area (Å²) in [5, 5.41) is 28.8. The van der Waals surface area contributed by atoms with Gasteiger partial charge < -0.3 is 35.4 Å². The molecule has 0 spiro atoms. The Hall–Kier alpha value is -3.16. The molecule has 0 fully saturated rings. The van der Waals surface area contributed by atoms with Crippen LogP contribution in [0.2, 0.25) is 0 Å². The minimum atomic E-state index is -4.77. The first-order valence-corrected chi connectivity index (χ1v) is 21.7. The molecule has 6 N–H and O–H groups in total. The summed E-state index contributed by atoms with van der Waals surface area (Å²) in [5.74, 6) is -2.60. The van der Waals surface area contributed by atoms with Crippen molar-refractivity contribution in [3.8, 4) is 0 Å². The van der Waals surface area contributed by atoms with Gasteiger partial charge in [0.25, 0.3) is 0 Å². The van der Waals surface area contributed by atoms with Crippen molar-refractivity contribution in [2.75, 3.05) is 19.8 Å². The van der Waals surface area contributed by atoms with E-state index < -0.39 is 69.9 Å². The number of carboxylic acids is 1. The number of nitrogens with two attached hydrogens (primary N) is 1. The Morgan fingerprint density at radius 3 is 1.89 bits per heavy atom. The molecule has 0 saturated heterocycles. The van der Waals surface area contributed by atoms with Crippen LogP contribution >= 0.6 is 7.82 Å². The lowest BCUT2D eigenvalue weighted by atomic mass is 10.1. The van der Waals surface area contributed by atoms with Crippen LogP contribution in [0.1, 0.15) is 129 Å². The highest BCUT2D eigenvalue weighted by Crippen LogP contribution is 2.43. The van der Waals surface area contributed by atoms with Gasteiger partial charge in [-0.1, -0.05) is 151 Å². The molecular formula is C42H70NO12P. The molecule has 0 aliphatic heterocycles. The zero-order chi connectivity index (χ0) is 41.7. The molecule has 0 amide bonds. The molecule has 0 radical (unpaired) electrons. The van der Waals surface area contributed by atoms with E-state index in [-0.39, 0.29) is 12.8 Å². The SMILES string of the molecule is CC/C=C\C[C@H](O)/C=C/C=C\C/C=C\C=C\[C@H](O)/C=C\CCCC(=O)O[C@H](COC(=O)CCCCCCCCCCCCC)COP(=O)(O)OC[C@H](N)C(=O)O. The molecule has 0 aromatic rings. The molecule has 0 heterocycles. The lowest BCUT2D eigenvalue weighted by Crippen LogP contribution is -2.34. The van der Waals surface area contributed by atoms with Gasteiger partial charge >= 0.3 is 25.7 Å². The maximum atomic E-state index is 12.6. The average Bonchev–Trinajstić information content (AvgIpc) is 3.16. The number of aliphatic carboxylic acids is 1. The van der Waals surface area contributed by atoms with Crippen molar-refractivity contribution in [1.82, 2.24) is 0 Å². The number of aliphatic hydroxyl groups excluding tert-OH is 2. The normalized spacial score (nSPS) is 15.7. The number of carboxylic acid groups (broad SMARTS) is 1. The molecule has 0 rings (SSSR count). The Morgan fingerprint density at radius 2 is 1.27 bits per heavy atom. The van der Waals surface area contributed by atoms with Crippen molar-refractivity contribution < 1.29 is 57.7 Å². The predicted octanol–water partition coefficient (Wildman–Crippen LogP) is 8.11. The van der Waals surface area contributed by atoms with Gasteiger partial charge in [0.15, 0.2) is 6.10 Å². The third-order valence-electron chi connectivity index (χ3n) is 8.14. The van der Waals surface area contributed by atoms with Crippen LogP contribution in [0.25, 0.3) is 0 Å². The number of aliphatic hydroxyl groups is 2. The number of rotatable bonds is 36. The van der Waals surface area contributed by atoms with Gasteiger partial charge in [0.2, 0.25) is 0 Å².